The van der Waals surface area contributed by atoms with Gasteiger partial charge in [-0.05, 0) is 30.9 Å². The van der Waals surface area contributed by atoms with E-state index in [1.807, 2.05) is 23.1 Å². The first-order valence-electron chi connectivity index (χ1n) is 6.95. The Labute approximate surface area is 122 Å². The van der Waals surface area contributed by atoms with Crippen molar-refractivity contribution in [3.05, 3.63) is 52.7 Å². The van der Waals surface area contributed by atoms with Gasteiger partial charge in [-0.1, -0.05) is 24.3 Å². The van der Waals surface area contributed by atoms with Crippen LogP contribution in [0.2, 0.25) is 0 Å². The van der Waals surface area contributed by atoms with Gasteiger partial charge in [-0.3, -0.25) is 0 Å². The molecule has 106 valence electrons. The Hall–Kier alpha value is -2.48. The molecule has 0 amide bonds. The van der Waals surface area contributed by atoms with Gasteiger partial charge in [0.15, 0.2) is 5.82 Å². The van der Waals surface area contributed by atoms with Gasteiger partial charge in [-0.15, -0.1) is 0 Å². The molecule has 1 aliphatic heterocycles. The Morgan fingerprint density at radius 2 is 1.76 bits per heavy atom. The van der Waals surface area contributed by atoms with Crippen molar-refractivity contribution in [3.8, 4) is 6.07 Å². The van der Waals surface area contributed by atoms with Gasteiger partial charge in [0, 0.05) is 13.1 Å². The summed E-state index contributed by atoms with van der Waals surface area (Å²) in [5.74, 6) is 0.0281. The second kappa shape index (κ2) is 5.49. The standard InChI is InChI=1S/C16H15FN4/c1-11-19-15(17)14(10-18)16(20-11)21-8-6-12-4-2-3-5-13(12)7-9-21/h2-5H,6-9H2,1H3. The number of anilines is 1. The van der Waals surface area contributed by atoms with E-state index in [9.17, 15) is 4.39 Å². The molecule has 1 aromatic carbocycles. The van der Waals surface area contributed by atoms with Gasteiger partial charge in [0.05, 0.1) is 0 Å². The number of rotatable bonds is 1. The summed E-state index contributed by atoms with van der Waals surface area (Å²) >= 11 is 0. The van der Waals surface area contributed by atoms with Crippen LogP contribution in [0.4, 0.5) is 10.2 Å². The van der Waals surface area contributed by atoms with Crippen molar-refractivity contribution in [1.82, 2.24) is 9.97 Å². The lowest BCUT2D eigenvalue weighted by atomic mass is 10.0. The molecule has 0 aliphatic carbocycles. The zero-order valence-electron chi connectivity index (χ0n) is 11.8. The summed E-state index contributed by atoms with van der Waals surface area (Å²) in [6.07, 6.45) is 1.73. The van der Waals surface area contributed by atoms with Crippen LogP contribution in [0.1, 0.15) is 22.5 Å². The quantitative estimate of drug-likeness (QED) is 0.754. The molecule has 0 radical (unpaired) electrons. The fraction of sp³-hybridized carbons (Fsp3) is 0.312. The zero-order valence-corrected chi connectivity index (χ0v) is 11.8. The van der Waals surface area contributed by atoms with Crippen LogP contribution in [-0.4, -0.2) is 23.1 Å². The van der Waals surface area contributed by atoms with E-state index >= 15 is 0 Å². The predicted molar refractivity (Wildman–Crippen MR) is 77.5 cm³/mol. The maximum atomic E-state index is 13.8. The van der Waals surface area contributed by atoms with Gasteiger partial charge in [0.1, 0.15) is 17.5 Å². The summed E-state index contributed by atoms with van der Waals surface area (Å²) in [4.78, 5) is 9.90. The molecule has 2 heterocycles. The van der Waals surface area contributed by atoms with Gasteiger partial charge in [-0.2, -0.15) is 9.65 Å². The van der Waals surface area contributed by atoms with E-state index in [0.717, 1.165) is 25.9 Å². The Bertz CT molecular complexity index is 694. The predicted octanol–water partition coefficient (Wildman–Crippen LogP) is 2.40. The van der Waals surface area contributed by atoms with Crippen molar-refractivity contribution in [2.75, 3.05) is 18.0 Å². The second-order valence-electron chi connectivity index (χ2n) is 5.13. The van der Waals surface area contributed by atoms with Crippen LogP contribution in [0, 0.1) is 24.2 Å². The number of hydrogen-bond acceptors (Lipinski definition) is 4. The third kappa shape index (κ3) is 2.57. The number of nitrogens with zero attached hydrogens (tertiary/aromatic N) is 4. The monoisotopic (exact) mass is 282 g/mol. The minimum absolute atomic E-state index is 0.0634. The van der Waals surface area contributed by atoms with Gasteiger partial charge >= 0.3 is 0 Å². The molecular weight excluding hydrogens is 267 g/mol. The topological polar surface area (TPSA) is 52.8 Å². The molecule has 5 heteroatoms. The molecule has 2 aromatic rings. The lowest BCUT2D eigenvalue weighted by Gasteiger charge is -2.22. The molecule has 1 aromatic heterocycles. The Morgan fingerprint density at radius 1 is 1.14 bits per heavy atom. The number of benzene rings is 1. The van der Waals surface area contributed by atoms with E-state index in [0.29, 0.717) is 11.6 Å². The highest BCUT2D eigenvalue weighted by molar-refractivity contribution is 5.54. The fourth-order valence-electron chi connectivity index (χ4n) is 2.73. The van der Waals surface area contributed by atoms with Crippen molar-refractivity contribution < 1.29 is 4.39 Å². The SMILES string of the molecule is Cc1nc(F)c(C#N)c(N2CCc3ccccc3CC2)n1. The van der Waals surface area contributed by atoms with Gasteiger partial charge in [-0.25, -0.2) is 9.97 Å². The summed E-state index contributed by atoms with van der Waals surface area (Å²) < 4.78 is 13.8. The summed E-state index contributed by atoms with van der Waals surface area (Å²) in [5, 5.41) is 9.17. The van der Waals surface area contributed by atoms with Crippen LogP contribution in [0.25, 0.3) is 0 Å². The van der Waals surface area contributed by atoms with Crippen LogP contribution in [0.3, 0.4) is 0 Å². The van der Waals surface area contributed by atoms with Crippen LogP contribution < -0.4 is 4.90 Å². The molecule has 0 fully saturated rings. The molecule has 0 saturated heterocycles. The highest BCUT2D eigenvalue weighted by atomic mass is 19.1. The smallest absolute Gasteiger partial charge is 0.236 e. The fourth-order valence-corrected chi connectivity index (χ4v) is 2.73. The zero-order chi connectivity index (χ0) is 14.8. The maximum Gasteiger partial charge on any atom is 0.236 e. The van der Waals surface area contributed by atoms with Crippen LogP contribution in [0.5, 0.6) is 0 Å². The first-order valence-corrected chi connectivity index (χ1v) is 6.95. The third-order valence-electron chi connectivity index (χ3n) is 3.79. The van der Waals surface area contributed by atoms with Crippen LogP contribution >= 0.6 is 0 Å². The van der Waals surface area contributed by atoms with Gasteiger partial charge < -0.3 is 4.90 Å². The van der Waals surface area contributed by atoms with Crippen LogP contribution in [-0.2, 0) is 12.8 Å². The van der Waals surface area contributed by atoms with E-state index in [1.54, 1.807) is 6.92 Å². The number of halogens is 1. The molecule has 0 atom stereocenters. The van der Waals surface area contributed by atoms with E-state index in [-0.39, 0.29) is 5.56 Å². The molecule has 4 nitrogen and oxygen atoms in total. The molecule has 3 rings (SSSR count). The Morgan fingerprint density at radius 3 is 2.33 bits per heavy atom. The average Bonchev–Trinajstić information content (AvgIpc) is 2.69. The summed E-state index contributed by atoms with van der Waals surface area (Å²) in [5.41, 5.74) is 2.56. The van der Waals surface area contributed by atoms with E-state index in [4.69, 9.17) is 5.26 Å². The minimum atomic E-state index is -0.734. The van der Waals surface area contributed by atoms with E-state index in [2.05, 4.69) is 22.1 Å². The molecule has 1 aliphatic rings. The molecule has 0 N–H and O–H groups in total. The largest absolute Gasteiger partial charge is 0.355 e. The molecule has 21 heavy (non-hydrogen) atoms. The van der Waals surface area contributed by atoms with E-state index < -0.39 is 5.95 Å². The number of aromatic nitrogens is 2. The summed E-state index contributed by atoms with van der Waals surface area (Å²) in [6.45, 7) is 3.09. The minimum Gasteiger partial charge on any atom is -0.355 e. The van der Waals surface area contributed by atoms with Crippen molar-refractivity contribution in [2.24, 2.45) is 0 Å². The summed E-state index contributed by atoms with van der Waals surface area (Å²) in [7, 11) is 0. The first kappa shape index (κ1) is 13.5. The molecule has 0 saturated carbocycles. The molecule has 0 unspecified atom stereocenters. The van der Waals surface area contributed by atoms with Crippen molar-refractivity contribution in [1.29, 1.82) is 5.26 Å². The average molecular weight is 282 g/mol. The highest BCUT2D eigenvalue weighted by Crippen LogP contribution is 2.23. The number of fused-ring (bicyclic) bond motifs is 1. The number of aryl methyl sites for hydroxylation is 1. The second-order valence-corrected chi connectivity index (χ2v) is 5.13. The van der Waals surface area contributed by atoms with Crippen molar-refractivity contribution >= 4 is 5.82 Å². The summed E-state index contributed by atoms with van der Waals surface area (Å²) in [6, 6.07) is 10.2. The highest BCUT2D eigenvalue weighted by Gasteiger charge is 2.21. The Balaban J connectivity index is 1.95. The van der Waals surface area contributed by atoms with E-state index in [1.165, 1.54) is 11.1 Å². The van der Waals surface area contributed by atoms with Crippen molar-refractivity contribution in [2.45, 2.75) is 19.8 Å². The third-order valence-corrected chi connectivity index (χ3v) is 3.79. The van der Waals surface area contributed by atoms with Crippen LogP contribution in [0.15, 0.2) is 24.3 Å². The molecule has 0 bridgehead atoms. The lowest BCUT2D eigenvalue weighted by molar-refractivity contribution is 0.568. The maximum absolute atomic E-state index is 13.8. The molecular formula is C16H15FN4. The number of nitriles is 1. The Kier molecular flexibility index (Phi) is 3.53. The normalized spacial score (nSPS) is 14.2. The van der Waals surface area contributed by atoms with Gasteiger partial charge in [0.2, 0.25) is 5.95 Å². The van der Waals surface area contributed by atoms with Crippen molar-refractivity contribution in [3.63, 3.8) is 0 Å². The number of hydrogen-bond donors (Lipinski definition) is 0. The lowest BCUT2D eigenvalue weighted by Crippen LogP contribution is -2.28. The first-order chi connectivity index (χ1) is 10.2. The van der Waals surface area contributed by atoms with Gasteiger partial charge in [0.25, 0.3) is 0 Å². The molecule has 0 spiro atoms.